The third-order valence-corrected chi connectivity index (χ3v) is 4.20. The third-order valence-electron chi connectivity index (χ3n) is 4.20. The number of alkyl halides is 3. The first-order valence-electron chi connectivity index (χ1n) is 6.18. The Bertz CT molecular complexity index is 482. The van der Waals surface area contributed by atoms with Crippen LogP contribution in [0.1, 0.15) is 30.9 Å². The van der Waals surface area contributed by atoms with Gasteiger partial charge in [-0.2, -0.15) is 13.2 Å². The van der Waals surface area contributed by atoms with Crippen LogP contribution >= 0.6 is 0 Å². The SMILES string of the molecule is COc1ccc(C(F)(F)F)cc1[C@H]1[C@H](CN)C1(C)C. The van der Waals surface area contributed by atoms with Gasteiger partial charge in [0.1, 0.15) is 5.75 Å². The number of rotatable bonds is 3. The molecule has 0 saturated heterocycles. The number of ether oxygens (including phenoxy) is 1. The molecule has 106 valence electrons. The molecule has 2 atom stereocenters. The number of methoxy groups -OCH3 is 1. The van der Waals surface area contributed by atoms with Crippen LogP contribution in [-0.4, -0.2) is 13.7 Å². The summed E-state index contributed by atoms with van der Waals surface area (Å²) in [6, 6.07) is 3.64. The van der Waals surface area contributed by atoms with Gasteiger partial charge < -0.3 is 10.5 Å². The Morgan fingerprint density at radius 2 is 1.95 bits per heavy atom. The second-order valence-corrected chi connectivity index (χ2v) is 5.60. The molecule has 0 amide bonds. The predicted molar refractivity (Wildman–Crippen MR) is 67.1 cm³/mol. The van der Waals surface area contributed by atoms with Crippen LogP contribution in [0.4, 0.5) is 13.2 Å². The molecular weight excluding hydrogens is 255 g/mol. The molecule has 19 heavy (non-hydrogen) atoms. The monoisotopic (exact) mass is 273 g/mol. The van der Waals surface area contributed by atoms with Gasteiger partial charge in [0, 0.05) is 0 Å². The van der Waals surface area contributed by atoms with Crippen LogP contribution in [0.3, 0.4) is 0 Å². The van der Waals surface area contributed by atoms with Crippen LogP contribution in [0.2, 0.25) is 0 Å². The lowest BCUT2D eigenvalue weighted by Crippen LogP contribution is -2.07. The minimum Gasteiger partial charge on any atom is -0.496 e. The summed E-state index contributed by atoms with van der Waals surface area (Å²) >= 11 is 0. The molecule has 0 bridgehead atoms. The molecule has 1 aliphatic rings. The Morgan fingerprint density at radius 1 is 1.32 bits per heavy atom. The molecule has 0 radical (unpaired) electrons. The highest BCUT2D eigenvalue weighted by atomic mass is 19.4. The first-order valence-corrected chi connectivity index (χ1v) is 6.18. The smallest absolute Gasteiger partial charge is 0.416 e. The summed E-state index contributed by atoms with van der Waals surface area (Å²) < 4.78 is 43.6. The minimum atomic E-state index is -4.34. The largest absolute Gasteiger partial charge is 0.496 e. The molecule has 1 aromatic carbocycles. The normalized spacial score (nSPS) is 25.2. The summed E-state index contributed by atoms with van der Waals surface area (Å²) in [5, 5.41) is 0. The summed E-state index contributed by atoms with van der Waals surface area (Å²) in [5.41, 5.74) is 5.58. The van der Waals surface area contributed by atoms with Crippen molar-refractivity contribution in [1.29, 1.82) is 0 Å². The average molecular weight is 273 g/mol. The van der Waals surface area contributed by atoms with Gasteiger partial charge in [0.05, 0.1) is 12.7 Å². The van der Waals surface area contributed by atoms with Crippen molar-refractivity contribution in [2.75, 3.05) is 13.7 Å². The summed E-state index contributed by atoms with van der Waals surface area (Å²) in [7, 11) is 1.47. The van der Waals surface area contributed by atoms with E-state index in [2.05, 4.69) is 0 Å². The van der Waals surface area contributed by atoms with Gasteiger partial charge in [-0.25, -0.2) is 0 Å². The maximum Gasteiger partial charge on any atom is 0.416 e. The van der Waals surface area contributed by atoms with E-state index in [9.17, 15) is 13.2 Å². The molecule has 2 rings (SSSR count). The van der Waals surface area contributed by atoms with Gasteiger partial charge in [-0.05, 0) is 47.6 Å². The van der Waals surface area contributed by atoms with Crippen molar-refractivity contribution in [2.24, 2.45) is 17.1 Å². The predicted octanol–water partition coefficient (Wildman–Crippen LogP) is 3.41. The van der Waals surface area contributed by atoms with Crippen LogP contribution in [-0.2, 0) is 6.18 Å². The highest BCUT2D eigenvalue weighted by Gasteiger charge is 2.58. The molecule has 1 aromatic rings. The number of benzene rings is 1. The molecule has 0 unspecified atom stereocenters. The van der Waals surface area contributed by atoms with Gasteiger partial charge in [-0.3, -0.25) is 0 Å². The van der Waals surface area contributed by atoms with E-state index in [0.29, 0.717) is 17.9 Å². The van der Waals surface area contributed by atoms with Crippen LogP contribution < -0.4 is 10.5 Å². The molecule has 1 fully saturated rings. The molecule has 0 aromatic heterocycles. The van der Waals surface area contributed by atoms with Crippen molar-refractivity contribution in [3.63, 3.8) is 0 Å². The zero-order chi connectivity index (χ0) is 14.4. The standard InChI is InChI=1S/C14H18F3NO/c1-13(2)10(7-18)12(13)9-6-8(14(15,16)17)4-5-11(9)19-3/h4-6,10,12H,7,18H2,1-3H3/t10-,12-/m0/s1. The molecule has 5 heteroatoms. The van der Waals surface area contributed by atoms with E-state index in [1.165, 1.54) is 19.2 Å². The quantitative estimate of drug-likeness (QED) is 0.916. The molecule has 0 aliphatic heterocycles. The number of halogens is 3. The fourth-order valence-corrected chi connectivity index (χ4v) is 2.96. The molecule has 2 N–H and O–H groups in total. The van der Waals surface area contributed by atoms with Crippen molar-refractivity contribution >= 4 is 0 Å². The molecule has 0 heterocycles. The van der Waals surface area contributed by atoms with Crippen LogP contribution in [0.25, 0.3) is 0 Å². The Labute approximate surface area is 110 Å². The van der Waals surface area contributed by atoms with E-state index in [1.807, 2.05) is 13.8 Å². The van der Waals surface area contributed by atoms with Crippen molar-refractivity contribution in [1.82, 2.24) is 0 Å². The first kappa shape index (κ1) is 14.2. The van der Waals surface area contributed by atoms with Gasteiger partial charge >= 0.3 is 6.18 Å². The van der Waals surface area contributed by atoms with E-state index >= 15 is 0 Å². The Hall–Kier alpha value is -1.23. The van der Waals surface area contributed by atoms with Gasteiger partial charge in [0.2, 0.25) is 0 Å². The van der Waals surface area contributed by atoms with E-state index < -0.39 is 11.7 Å². The van der Waals surface area contributed by atoms with Crippen LogP contribution in [0.15, 0.2) is 18.2 Å². The first-order chi connectivity index (χ1) is 8.73. The second kappa shape index (κ2) is 4.40. The highest BCUT2D eigenvalue weighted by Crippen LogP contribution is 2.65. The van der Waals surface area contributed by atoms with Gasteiger partial charge in [0.25, 0.3) is 0 Å². The van der Waals surface area contributed by atoms with Crippen molar-refractivity contribution < 1.29 is 17.9 Å². The number of hydrogen-bond donors (Lipinski definition) is 1. The van der Waals surface area contributed by atoms with Gasteiger partial charge in [-0.15, -0.1) is 0 Å². The molecular formula is C14H18F3NO. The second-order valence-electron chi connectivity index (χ2n) is 5.60. The van der Waals surface area contributed by atoms with Crippen molar-refractivity contribution in [2.45, 2.75) is 25.9 Å². The van der Waals surface area contributed by atoms with Gasteiger partial charge in [0.15, 0.2) is 0 Å². The molecule has 1 aliphatic carbocycles. The summed E-state index contributed by atoms with van der Waals surface area (Å²) in [6.45, 7) is 4.51. The Morgan fingerprint density at radius 3 is 2.37 bits per heavy atom. The van der Waals surface area contributed by atoms with Crippen molar-refractivity contribution in [3.8, 4) is 5.75 Å². The zero-order valence-electron chi connectivity index (χ0n) is 11.2. The number of nitrogens with two attached hydrogens (primary N) is 1. The topological polar surface area (TPSA) is 35.2 Å². The van der Waals surface area contributed by atoms with Crippen LogP contribution in [0, 0.1) is 11.3 Å². The maximum atomic E-state index is 12.8. The lowest BCUT2D eigenvalue weighted by molar-refractivity contribution is -0.137. The van der Waals surface area contributed by atoms with Gasteiger partial charge in [-0.1, -0.05) is 13.8 Å². The lowest BCUT2D eigenvalue weighted by Gasteiger charge is -2.13. The summed E-state index contributed by atoms with van der Waals surface area (Å²) in [4.78, 5) is 0. The lowest BCUT2D eigenvalue weighted by atomic mass is 10.00. The van der Waals surface area contributed by atoms with Crippen LogP contribution in [0.5, 0.6) is 5.75 Å². The number of hydrogen-bond acceptors (Lipinski definition) is 2. The molecule has 2 nitrogen and oxygen atoms in total. The van der Waals surface area contributed by atoms with E-state index in [1.54, 1.807) is 0 Å². The summed E-state index contributed by atoms with van der Waals surface area (Å²) in [5.74, 6) is 0.724. The Kier molecular flexibility index (Phi) is 3.29. The average Bonchev–Trinajstić information content (AvgIpc) is 2.88. The fraction of sp³-hybridized carbons (Fsp3) is 0.571. The van der Waals surface area contributed by atoms with E-state index in [-0.39, 0.29) is 17.3 Å². The minimum absolute atomic E-state index is 0.0229. The third kappa shape index (κ3) is 2.31. The summed E-state index contributed by atoms with van der Waals surface area (Å²) in [6.07, 6.45) is -4.34. The highest BCUT2D eigenvalue weighted by molar-refractivity contribution is 5.45. The maximum absolute atomic E-state index is 12.8. The Balaban J connectivity index is 2.44. The van der Waals surface area contributed by atoms with Crippen molar-refractivity contribution in [3.05, 3.63) is 29.3 Å². The fourth-order valence-electron chi connectivity index (χ4n) is 2.96. The van der Waals surface area contributed by atoms with E-state index in [0.717, 1.165) is 6.07 Å². The molecule has 0 spiro atoms. The van der Waals surface area contributed by atoms with E-state index in [4.69, 9.17) is 10.5 Å². The molecule has 1 saturated carbocycles. The zero-order valence-corrected chi connectivity index (χ0v) is 11.2.